The van der Waals surface area contributed by atoms with E-state index in [1.54, 1.807) is 0 Å². The van der Waals surface area contributed by atoms with Crippen molar-refractivity contribution in [3.63, 3.8) is 0 Å². The van der Waals surface area contributed by atoms with Gasteiger partial charge in [0.1, 0.15) is 0 Å². The predicted molar refractivity (Wildman–Crippen MR) is 60.4 cm³/mol. The van der Waals surface area contributed by atoms with Crippen LogP contribution in [0.15, 0.2) is 11.4 Å². The molecular formula is C9H11ClS2. The van der Waals surface area contributed by atoms with Gasteiger partial charge < -0.3 is 0 Å². The number of thiophene rings is 1. The molecule has 1 aromatic rings. The quantitative estimate of drug-likeness (QED) is 0.545. The fourth-order valence-electron chi connectivity index (χ4n) is 1.02. The molecule has 0 N–H and O–H groups in total. The molecule has 0 aliphatic rings. The van der Waals surface area contributed by atoms with E-state index in [1.165, 1.54) is 10.4 Å². The Morgan fingerprint density at radius 2 is 2.42 bits per heavy atom. The zero-order valence-corrected chi connectivity index (χ0v) is 9.36. The van der Waals surface area contributed by atoms with Crippen molar-refractivity contribution in [2.24, 2.45) is 0 Å². The van der Waals surface area contributed by atoms with Gasteiger partial charge in [-0.25, -0.2) is 0 Å². The third-order valence-corrected chi connectivity index (χ3v) is 3.09. The van der Waals surface area contributed by atoms with Crippen LogP contribution in [0.5, 0.6) is 0 Å². The van der Waals surface area contributed by atoms with E-state index in [4.69, 9.17) is 23.8 Å². The summed E-state index contributed by atoms with van der Waals surface area (Å²) in [5.41, 5.74) is 1.35. The van der Waals surface area contributed by atoms with Gasteiger partial charge in [-0.1, -0.05) is 23.8 Å². The molecule has 66 valence electrons. The Morgan fingerprint density at radius 1 is 1.67 bits per heavy atom. The molecule has 0 saturated carbocycles. The van der Waals surface area contributed by atoms with E-state index in [2.05, 4.69) is 18.4 Å². The van der Waals surface area contributed by atoms with Crippen molar-refractivity contribution in [3.8, 4) is 0 Å². The Bertz CT molecular complexity index is 265. The van der Waals surface area contributed by atoms with E-state index in [-0.39, 0.29) is 0 Å². The van der Waals surface area contributed by atoms with E-state index in [9.17, 15) is 0 Å². The maximum Gasteiger partial charge on any atom is 0.0808 e. The van der Waals surface area contributed by atoms with Crippen LogP contribution in [0.3, 0.4) is 0 Å². The maximum atomic E-state index is 5.58. The Hall–Kier alpha value is 0.0800. The van der Waals surface area contributed by atoms with Crippen LogP contribution in [0.25, 0.3) is 0 Å². The summed E-state index contributed by atoms with van der Waals surface area (Å²) in [4.78, 5) is 1.43. The fourth-order valence-corrected chi connectivity index (χ4v) is 2.22. The lowest BCUT2D eigenvalue weighted by Crippen LogP contribution is -1.85. The van der Waals surface area contributed by atoms with Gasteiger partial charge in [-0.15, -0.1) is 11.3 Å². The van der Waals surface area contributed by atoms with Crippen LogP contribution in [-0.2, 0) is 6.42 Å². The molecule has 0 saturated heterocycles. The number of hydrogen-bond acceptors (Lipinski definition) is 2. The highest BCUT2D eigenvalue weighted by molar-refractivity contribution is 7.83. The summed E-state index contributed by atoms with van der Waals surface area (Å²) in [5, 5.41) is 2.17. The zero-order chi connectivity index (χ0) is 8.97. The Labute approximate surface area is 87.6 Å². The number of thiocarbonyl (C=S) groups is 1. The molecule has 1 heterocycles. The van der Waals surface area contributed by atoms with Crippen LogP contribution >= 0.6 is 35.2 Å². The van der Waals surface area contributed by atoms with Gasteiger partial charge in [0.2, 0.25) is 0 Å². The van der Waals surface area contributed by atoms with Crippen LogP contribution in [0.4, 0.5) is 0 Å². The highest BCUT2D eigenvalue weighted by Crippen LogP contribution is 2.16. The van der Waals surface area contributed by atoms with Crippen LogP contribution in [0.2, 0.25) is 0 Å². The molecular weight excluding hydrogens is 208 g/mol. The minimum Gasteiger partial charge on any atom is -0.149 e. The molecule has 0 spiro atoms. The minimum atomic E-state index is 0.600. The molecule has 3 heteroatoms. The SMILES string of the molecule is Cc1csc(CCCC(=S)Cl)c1. The Morgan fingerprint density at radius 3 is 2.92 bits per heavy atom. The third-order valence-electron chi connectivity index (χ3n) is 1.58. The largest absolute Gasteiger partial charge is 0.149 e. The van der Waals surface area contributed by atoms with E-state index < -0.39 is 0 Å². The molecule has 0 aliphatic carbocycles. The topological polar surface area (TPSA) is 0 Å². The van der Waals surface area contributed by atoms with Gasteiger partial charge in [0.25, 0.3) is 0 Å². The van der Waals surface area contributed by atoms with Crippen LogP contribution < -0.4 is 0 Å². The van der Waals surface area contributed by atoms with E-state index in [0.29, 0.717) is 4.32 Å². The average molecular weight is 219 g/mol. The normalized spacial score (nSPS) is 10.2. The lowest BCUT2D eigenvalue weighted by Gasteiger charge is -1.94. The molecule has 1 aromatic heterocycles. The third kappa shape index (κ3) is 3.65. The molecule has 0 atom stereocenters. The Balaban J connectivity index is 2.29. The zero-order valence-electron chi connectivity index (χ0n) is 6.97. The Kier molecular flexibility index (Phi) is 4.19. The average Bonchev–Trinajstić information content (AvgIpc) is 2.35. The van der Waals surface area contributed by atoms with Gasteiger partial charge in [0, 0.05) is 4.88 Å². The first-order chi connectivity index (χ1) is 5.68. The van der Waals surface area contributed by atoms with Crippen molar-refractivity contribution in [1.82, 2.24) is 0 Å². The first-order valence-corrected chi connectivity index (χ1v) is 5.57. The highest BCUT2D eigenvalue weighted by Gasteiger charge is 1.97. The van der Waals surface area contributed by atoms with Gasteiger partial charge in [-0.2, -0.15) is 0 Å². The predicted octanol–water partition coefficient (Wildman–Crippen LogP) is 3.95. The van der Waals surface area contributed by atoms with Crippen LogP contribution in [-0.4, -0.2) is 4.32 Å². The lowest BCUT2D eigenvalue weighted by atomic mass is 10.2. The lowest BCUT2D eigenvalue weighted by molar-refractivity contribution is 0.890. The van der Waals surface area contributed by atoms with Crippen molar-refractivity contribution in [3.05, 3.63) is 21.9 Å². The number of halogens is 1. The summed E-state index contributed by atoms with van der Waals surface area (Å²) >= 11 is 12.2. The number of aryl methyl sites for hydroxylation is 2. The van der Waals surface area contributed by atoms with Gasteiger partial charge in [-0.05, 0) is 43.2 Å². The molecule has 0 fully saturated rings. The maximum absolute atomic E-state index is 5.58. The van der Waals surface area contributed by atoms with Crippen molar-refractivity contribution in [2.45, 2.75) is 26.2 Å². The summed E-state index contributed by atoms with van der Waals surface area (Å²) in [6, 6.07) is 2.22. The van der Waals surface area contributed by atoms with Crippen LogP contribution in [0.1, 0.15) is 23.3 Å². The first-order valence-electron chi connectivity index (χ1n) is 3.91. The van der Waals surface area contributed by atoms with Crippen molar-refractivity contribution in [1.29, 1.82) is 0 Å². The second-order valence-corrected chi connectivity index (χ2v) is 4.97. The van der Waals surface area contributed by atoms with Gasteiger partial charge in [-0.3, -0.25) is 0 Å². The van der Waals surface area contributed by atoms with Crippen molar-refractivity contribution < 1.29 is 0 Å². The standard InChI is InChI=1S/C9H11ClS2/c1-7-5-8(12-6-7)3-2-4-9(10)11/h5-6H,2-4H2,1H3. The first kappa shape index (κ1) is 10.2. The molecule has 0 aromatic carbocycles. The fraction of sp³-hybridized carbons (Fsp3) is 0.444. The molecule has 0 radical (unpaired) electrons. The highest BCUT2D eigenvalue weighted by atomic mass is 35.5. The molecule has 12 heavy (non-hydrogen) atoms. The van der Waals surface area contributed by atoms with Gasteiger partial charge in [0.15, 0.2) is 0 Å². The summed E-state index contributed by atoms with van der Waals surface area (Å²) in [6.07, 6.45) is 3.03. The molecule has 0 unspecified atom stereocenters. The monoisotopic (exact) mass is 218 g/mol. The number of rotatable bonds is 4. The second kappa shape index (κ2) is 4.95. The van der Waals surface area contributed by atoms with Crippen molar-refractivity contribution >= 4 is 39.5 Å². The smallest absolute Gasteiger partial charge is 0.0808 e. The van der Waals surface area contributed by atoms with Gasteiger partial charge in [0.05, 0.1) is 4.32 Å². The van der Waals surface area contributed by atoms with Gasteiger partial charge >= 0.3 is 0 Å². The van der Waals surface area contributed by atoms with Crippen molar-refractivity contribution in [2.75, 3.05) is 0 Å². The molecule has 0 bridgehead atoms. The van der Waals surface area contributed by atoms with E-state index in [1.807, 2.05) is 11.3 Å². The molecule has 0 amide bonds. The summed E-state index contributed by atoms with van der Waals surface area (Å²) in [5.74, 6) is 0. The van der Waals surface area contributed by atoms with Crippen LogP contribution in [0, 0.1) is 6.92 Å². The minimum absolute atomic E-state index is 0.600. The summed E-state index contributed by atoms with van der Waals surface area (Å²) in [6.45, 7) is 2.12. The second-order valence-electron chi connectivity index (χ2n) is 2.80. The summed E-state index contributed by atoms with van der Waals surface area (Å²) < 4.78 is 0.600. The molecule has 0 aliphatic heterocycles. The van der Waals surface area contributed by atoms with E-state index >= 15 is 0 Å². The molecule has 1 rings (SSSR count). The number of hydrogen-bond donors (Lipinski definition) is 0. The molecule has 0 nitrogen and oxygen atoms in total. The summed E-state index contributed by atoms with van der Waals surface area (Å²) in [7, 11) is 0. The van der Waals surface area contributed by atoms with E-state index in [0.717, 1.165) is 19.3 Å².